The maximum absolute atomic E-state index is 12.4. The van der Waals surface area contributed by atoms with Crippen molar-refractivity contribution >= 4 is 17.7 Å². The number of carbonyl (C=O) groups is 1. The van der Waals surface area contributed by atoms with E-state index in [1.165, 1.54) is 0 Å². The summed E-state index contributed by atoms with van der Waals surface area (Å²) in [7, 11) is 0. The van der Waals surface area contributed by atoms with Crippen molar-refractivity contribution in [2.24, 2.45) is 0 Å². The molecule has 126 valence electrons. The molecule has 2 aromatic rings. The van der Waals surface area contributed by atoms with Gasteiger partial charge in [-0.3, -0.25) is 4.79 Å². The van der Waals surface area contributed by atoms with Gasteiger partial charge in [-0.25, -0.2) is 0 Å². The summed E-state index contributed by atoms with van der Waals surface area (Å²) in [4.78, 5) is 13.5. The molecule has 1 aliphatic rings. The summed E-state index contributed by atoms with van der Waals surface area (Å²) in [5, 5.41) is 3.18. The molecule has 0 saturated carbocycles. The molecule has 1 N–H and O–H groups in total. The Morgan fingerprint density at radius 3 is 2.75 bits per heavy atom. The fraction of sp³-hybridized carbons (Fsp3) is 0.350. The van der Waals surface area contributed by atoms with Crippen molar-refractivity contribution in [2.75, 3.05) is 5.75 Å². The van der Waals surface area contributed by atoms with Crippen LogP contribution in [-0.4, -0.2) is 17.3 Å². The first-order chi connectivity index (χ1) is 11.4. The van der Waals surface area contributed by atoms with Crippen LogP contribution < -0.4 is 10.1 Å². The zero-order chi connectivity index (χ0) is 17.2. The second kappa shape index (κ2) is 6.89. The molecule has 3 nitrogen and oxygen atoms in total. The van der Waals surface area contributed by atoms with Gasteiger partial charge in [0.25, 0.3) is 0 Å². The molecule has 4 heteroatoms. The number of fused-ring (bicyclic) bond motifs is 1. The normalized spacial score (nSPS) is 18.4. The number of aryl methyl sites for hydroxylation is 1. The molecule has 1 aliphatic heterocycles. The largest absolute Gasteiger partial charge is 0.487 e. The smallest absolute Gasteiger partial charge is 0.230 e. The van der Waals surface area contributed by atoms with E-state index in [0.29, 0.717) is 5.75 Å². The Morgan fingerprint density at radius 1 is 1.25 bits per heavy atom. The van der Waals surface area contributed by atoms with Gasteiger partial charge in [0.1, 0.15) is 11.4 Å². The van der Waals surface area contributed by atoms with Crippen LogP contribution in [0.1, 0.15) is 37.4 Å². The number of rotatable bonds is 4. The van der Waals surface area contributed by atoms with Gasteiger partial charge in [-0.05, 0) is 44.5 Å². The van der Waals surface area contributed by atoms with Gasteiger partial charge >= 0.3 is 0 Å². The predicted molar refractivity (Wildman–Crippen MR) is 98.6 cm³/mol. The minimum Gasteiger partial charge on any atom is -0.487 e. The monoisotopic (exact) mass is 341 g/mol. The lowest BCUT2D eigenvalue weighted by Gasteiger charge is -2.38. The summed E-state index contributed by atoms with van der Waals surface area (Å²) < 4.78 is 6.08. The minimum atomic E-state index is -0.286. The van der Waals surface area contributed by atoms with E-state index in [-0.39, 0.29) is 17.6 Å². The van der Waals surface area contributed by atoms with E-state index in [1.54, 1.807) is 11.8 Å². The van der Waals surface area contributed by atoms with Crippen LogP contribution in [0.15, 0.2) is 53.4 Å². The molecule has 3 rings (SSSR count). The zero-order valence-electron chi connectivity index (χ0n) is 14.3. The van der Waals surface area contributed by atoms with Crippen molar-refractivity contribution in [1.82, 2.24) is 5.32 Å². The average Bonchev–Trinajstić information content (AvgIpc) is 2.52. The minimum absolute atomic E-state index is 0.00627. The molecule has 0 saturated heterocycles. The molecule has 0 radical (unpaired) electrons. The standard InChI is InChI=1S/C20H23NO2S/c1-14-9-10-16-17(12-20(2,3)23-18(16)11-14)21-19(22)13-24-15-7-5-4-6-8-15/h4-11,17H,12-13H2,1-3H3,(H,21,22)/t17-/m1/s1. The fourth-order valence-corrected chi connectivity index (χ4v) is 3.72. The third-order valence-electron chi connectivity index (χ3n) is 4.07. The van der Waals surface area contributed by atoms with Gasteiger partial charge in [0, 0.05) is 16.9 Å². The van der Waals surface area contributed by atoms with E-state index in [1.807, 2.05) is 36.4 Å². The van der Waals surface area contributed by atoms with E-state index in [4.69, 9.17) is 4.74 Å². The highest BCUT2D eigenvalue weighted by molar-refractivity contribution is 8.00. The number of carbonyl (C=O) groups excluding carboxylic acids is 1. The summed E-state index contributed by atoms with van der Waals surface area (Å²) in [5.41, 5.74) is 1.94. The summed E-state index contributed by atoms with van der Waals surface area (Å²) in [6, 6.07) is 16.2. The van der Waals surface area contributed by atoms with Crippen LogP contribution in [0.25, 0.3) is 0 Å². The van der Waals surface area contributed by atoms with Crippen molar-refractivity contribution < 1.29 is 9.53 Å². The van der Waals surface area contributed by atoms with E-state index >= 15 is 0 Å². The van der Waals surface area contributed by atoms with Crippen LogP contribution in [-0.2, 0) is 4.79 Å². The van der Waals surface area contributed by atoms with Gasteiger partial charge in [0.15, 0.2) is 0 Å². The van der Waals surface area contributed by atoms with Crippen LogP contribution in [0.3, 0.4) is 0 Å². The second-order valence-corrected chi connectivity index (χ2v) is 7.88. The number of hydrogen-bond donors (Lipinski definition) is 1. The fourth-order valence-electron chi connectivity index (χ4n) is 2.99. The summed E-state index contributed by atoms with van der Waals surface area (Å²) >= 11 is 1.56. The Hall–Kier alpha value is -1.94. The van der Waals surface area contributed by atoms with Crippen LogP contribution in [0, 0.1) is 6.92 Å². The van der Waals surface area contributed by atoms with Gasteiger partial charge in [-0.15, -0.1) is 11.8 Å². The number of nitrogens with one attached hydrogen (secondary N) is 1. The Labute approximate surface area is 147 Å². The third-order valence-corrected chi connectivity index (χ3v) is 5.09. The van der Waals surface area contributed by atoms with E-state index in [0.717, 1.165) is 28.2 Å². The lowest BCUT2D eigenvalue weighted by molar-refractivity contribution is -0.119. The molecule has 0 fully saturated rings. The maximum Gasteiger partial charge on any atom is 0.230 e. The van der Waals surface area contributed by atoms with Crippen LogP contribution in [0.2, 0.25) is 0 Å². The van der Waals surface area contributed by atoms with Crippen molar-refractivity contribution in [3.05, 3.63) is 59.7 Å². The molecular formula is C20H23NO2S. The molecule has 0 bridgehead atoms. The Morgan fingerprint density at radius 2 is 2.00 bits per heavy atom. The summed E-state index contributed by atoms with van der Waals surface area (Å²) in [5.74, 6) is 1.36. The number of benzene rings is 2. The molecule has 0 aliphatic carbocycles. The highest BCUT2D eigenvalue weighted by atomic mass is 32.2. The van der Waals surface area contributed by atoms with Crippen molar-refractivity contribution in [2.45, 2.75) is 43.7 Å². The van der Waals surface area contributed by atoms with Crippen molar-refractivity contribution in [1.29, 1.82) is 0 Å². The third kappa shape index (κ3) is 4.12. The molecule has 24 heavy (non-hydrogen) atoms. The van der Waals surface area contributed by atoms with Gasteiger partial charge in [0.05, 0.1) is 11.8 Å². The molecule has 1 atom stereocenters. The lowest BCUT2D eigenvalue weighted by atomic mass is 9.89. The highest BCUT2D eigenvalue weighted by Crippen LogP contribution is 2.39. The molecule has 0 spiro atoms. The molecule has 1 amide bonds. The number of hydrogen-bond acceptors (Lipinski definition) is 3. The molecule has 0 aromatic heterocycles. The zero-order valence-corrected chi connectivity index (χ0v) is 15.2. The predicted octanol–water partition coefficient (Wildman–Crippen LogP) is 4.51. The van der Waals surface area contributed by atoms with Gasteiger partial charge in [0.2, 0.25) is 5.91 Å². The number of ether oxygens (including phenoxy) is 1. The highest BCUT2D eigenvalue weighted by Gasteiger charge is 2.34. The average molecular weight is 341 g/mol. The van der Waals surface area contributed by atoms with E-state index in [9.17, 15) is 4.79 Å². The molecular weight excluding hydrogens is 318 g/mol. The van der Waals surface area contributed by atoms with Crippen molar-refractivity contribution in [3.8, 4) is 5.75 Å². The summed E-state index contributed by atoms with van der Waals surface area (Å²) in [6.07, 6.45) is 0.769. The van der Waals surface area contributed by atoms with Crippen LogP contribution in [0.5, 0.6) is 5.75 Å². The Balaban J connectivity index is 1.69. The first-order valence-electron chi connectivity index (χ1n) is 8.20. The first-order valence-corrected chi connectivity index (χ1v) is 9.18. The topological polar surface area (TPSA) is 38.3 Å². The summed E-state index contributed by atoms with van der Waals surface area (Å²) in [6.45, 7) is 6.18. The molecule has 0 unspecified atom stereocenters. The SMILES string of the molecule is Cc1ccc2c(c1)OC(C)(C)C[C@H]2NC(=O)CSc1ccccc1. The number of thioether (sulfide) groups is 1. The van der Waals surface area contributed by atoms with Crippen LogP contribution >= 0.6 is 11.8 Å². The van der Waals surface area contributed by atoms with Gasteiger partial charge in [-0.1, -0.05) is 30.3 Å². The Kier molecular flexibility index (Phi) is 4.86. The quantitative estimate of drug-likeness (QED) is 0.832. The second-order valence-electron chi connectivity index (χ2n) is 6.83. The maximum atomic E-state index is 12.4. The van der Waals surface area contributed by atoms with Gasteiger partial charge < -0.3 is 10.1 Å². The lowest BCUT2D eigenvalue weighted by Crippen LogP contribution is -2.41. The molecule has 1 heterocycles. The van der Waals surface area contributed by atoms with Crippen LogP contribution in [0.4, 0.5) is 0 Å². The van der Waals surface area contributed by atoms with Crippen molar-refractivity contribution in [3.63, 3.8) is 0 Å². The Bertz CT molecular complexity index is 728. The van der Waals surface area contributed by atoms with Gasteiger partial charge in [-0.2, -0.15) is 0 Å². The van der Waals surface area contributed by atoms with E-state index < -0.39 is 0 Å². The molecule has 2 aromatic carbocycles. The first kappa shape index (κ1) is 16.9. The van der Waals surface area contributed by atoms with E-state index in [2.05, 4.69) is 38.2 Å². The number of amides is 1.